The molecule has 3 rings (SSSR count). The molecule has 136 valence electrons. The summed E-state index contributed by atoms with van der Waals surface area (Å²) < 4.78 is 11.1. The van der Waals surface area contributed by atoms with E-state index in [1.54, 1.807) is 19.3 Å². The van der Waals surface area contributed by atoms with Gasteiger partial charge >= 0.3 is 11.6 Å². The highest BCUT2D eigenvalue weighted by molar-refractivity contribution is 6.07. The highest BCUT2D eigenvalue weighted by Gasteiger charge is 2.21. The van der Waals surface area contributed by atoms with Gasteiger partial charge in [0.25, 0.3) is 0 Å². The van der Waals surface area contributed by atoms with Crippen molar-refractivity contribution in [3.63, 3.8) is 0 Å². The molecule has 0 radical (unpaired) electrons. The highest BCUT2D eigenvalue weighted by Crippen LogP contribution is 2.34. The van der Waals surface area contributed by atoms with E-state index in [0.29, 0.717) is 22.1 Å². The van der Waals surface area contributed by atoms with Crippen molar-refractivity contribution in [1.29, 1.82) is 0 Å². The van der Waals surface area contributed by atoms with Crippen molar-refractivity contribution in [2.24, 2.45) is 0 Å². The summed E-state index contributed by atoms with van der Waals surface area (Å²) in [5.41, 5.74) is 3.08. The van der Waals surface area contributed by atoms with Crippen molar-refractivity contribution in [1.82, 2.24) is 5.32 Å². The molecule has 7 nitrogen and oxygen atoms in total. The van der Waals surface area contributed by atoms with E-state index >= 15 is 0 Å². The van der Waals surface area contributed by atoms with Crippen LogP contribution in [-0.4, -0.2) is 23.0 Å². The number of furan rings is 1. The van der Waals surface area contributed by atoms with Gasteiger partial charge in [0.2, 0.25) is 5.91 Å². The number of carbonyl (C=O) groups excluding carboxylic acids is 1. The number of benzene rings is 1. The first-order chi connectivity index (χ1) is 12.2. The van der Waals surface area contributed by atoms with E-state index in [2.05, 4.69) is 5.32 Å². The van der Waals surface area contributed by atoms with Crippen LogP contribution < -0.4 is 10.9 Å². The molecule has 2 aromatic heterocycles. The summed E-state index contributed by atoms with van der Waals surface area (Å²) in [6.07, 6.45) is 1.37. The van der Waals surface area contributed by atoms with Crippen molar-refractivity contribution in [2.45, 2.75) is 40.2 Å². The summed E-state index contributed by atoms with van der Waals surface area (Å²) in [5, 5.41) is 12.8. The van der Waals surface area contributed by atoms with Crippen LogP contribution in [0.3, 0.4) is 0 Å². The minimum Gasteiger partial charge on any atom is -0.480 e. The number of hydrogen-bond donors (Lipinski definition) is 2. The third-order valence-electron chi connectivity index (χ3n) is 4.55. The van der Waals surface area contributed by atoms with Crippen LogP contribution >= 0.6 is 0 Å². The van der Waals surface area contributed by atoms with Gasteiger partial charge in [-0.3, -0.25) is 9.59 Å². The lowest BCUT2D eigenvalue weighted by atomic mass is 9.98. The Bertz CT molecular complexity index is 1100. The largest absolute Gasteiger partial charge is 0.480 e. The van der Waals surface area contributed by atoms with Crippen molar-refractivity contribution in [3.8, 4) is 0 Å². The summed E-state index contributed by atoms with van der Waals surface area (Å²) in [4.78, 5) is 35.3. The van der Waals surface area contributed by atoms with E-state index in [1.807, 2.05) is 13.8 Å². The standard InChI is InChI=1S/C19H19NO6/c1-8-5-13-16(17-15(8)9(2)7-25-17)10(3)12(19(24)26-13)6-14(21)20-11(4)18(22)23/h5,7,11H,6H2,1-4H3,(H,20,21)(H,22,23)/t11-/m0/s1. The average molecular weight is 357 g/mol. The zero-order valence-corrected chi connectivity index (χ0v) is 14.9. The maximum Gasteiger partial charge on any atom is 0.340 e. The Labute approximate surface area is 148 Å². The number of hydrogen-bond acceptors (Lipinski definition) is 5. The monoisotopic (exact) mass is 357 g/mol. The third-order valence-corrected chi connectivity index (χ3v) is 4.55. The molecule has 0 aliphatic carbocycles. The van der Waals surface area contributed by atoms with Crippen molar-refractivity contribution in [3.05, 3.63) is 45.0 Å². The molecule has 0 bridgehead atoms. The van der Waals surface area contributed by atoms with Gasteiger partial charge in [0.05, 0.1) is 23.6 Å². The molecule has 0 unspecified atom stereocenters. The molecule has 1 amide bonds. The van der Waals surface area contributed by atoms with Gasteiger partial charge in [0.1, 0.15) is 17.2 Å². The molecule has 0 aliphatic heterocycles. The number of nitrogens with one attached hydrogen (secondary N) is 1. The molecule has 1 aromatic carbocycles. The highest BCUT2D eigenvalue weighted by atomic mass is 16.4. The first-order valence-electron chi connectivity index (χ1n) is 8.16. The van der Waals surface area contributed by atoms with Gasteiger partial charge in [-0.1, -0.05) is 0 Å². The van der Waals surface area contributed by atoms with Gasteiger partial charge in [-0.25, -0.2) is 4.79 Å². The van der Waals surface area contributed by atoms with E-state index in [-0.39, 0.29) is 12.0 Å². The quantitative estimate of drug-likeness (QED) is 0.695. The second-order valence-corrected chi connectivity index (χ2v) is 6.49. The summed E-state index contributed by atoms with van der Waals surface area (Å²) >= 11 is 0. The Hall–Kier alpha value is -3.09. The fraction of sp³-hybridized carbons (Fsp3) is 0.316. The van der Waals surface area contributed by atoms with E-state index in [9.17, 15) is 14.4 Å². The Balaban J connectivity index is 2.14. The van der Waals surface area contributed by atoms with Gasteiger partial charge in [-0.15, -0.1) is 0 Å². The van der Waals surface area contributed by atoms with Crippen LogP contribution in [0.4, 0.5) is 0 Å². The normalized spacial score (nSPS) is 12.5. The van der Waals surface area contributed by atoms with Crippen LogP contribution in [0.25, 0.3) is 21.9 Å². The van der Waals surface area contributed by atoms with Crippen LogP contribution in [0.2, 0.25) is 0 Å². The fourth-order valence-corrected chi connectivity index (χ4v) is 3.19. The number of amides is 1. The number of carboxylic acid groups (broad SMARTS) is 1. The minimum atomic E-state index is -1.15. The molecular formula is C19H19NO6. The summed E-state index contributed by atoms with van der Waals surface area (Å²) in [7, 11) is 0. The second kappa shape index (κ2) is 6.33. The van der Waals surface area contributed by atoms with E-state index in [0.717, 1.165) is 16.5 Å². The van der Waals surface area contributed by atoms with Crippen molar-refractivity contribution < 1.29 is 23.5 Å². The third kappa shape index (κ3) is 2.85. The molecule has 26 heavy (non-hydrogen) atoms. The predicted octanol–water partition coefficient (Wildman–Crippen LogP) is 2.60. The van der Waals surface area contributed by atoms with E-state index < -0.39 is 23.5 Å². The van der Waals surface area contributed by atoms with Gasteiger partial charge < -0.3 is 19.3 Å². The molecule has 2 N–H and O–H groups in total. The molecule has 0 aliphatic rings. The maximum absolute atomic E-state index is 12.4. The number of aliphatic carboxylic acids is 1. The van der Waals surface area contributed by atoms with Crippen LogP contribution in [-0.2, 0) is 16.0 Å². The molecular weight excluding hydrogens is 338 g/mol. The molecule has 7 heteroatoms. The Morgan fingerprint density at radius 1 is 1.19 bits per heavy atom. The minimum absolute atomic E-state index is 0.187. The number of carboxylic acids is 1. The SMILES string of the molecule is Cc1coc2c1c(C)cc1oc(=O)c(CC(=O)N[C@@H](C)C(=O)O)c(C)c12. The Morgan fingerprint density at radius 3 is 2.54 bits per heavy atom. The lowest BCUT2D eigenvalue weighted by Crippen LogP contribution is -2.39. The predicted molar refractivity (Wildman–Crippen MR) is 95.4 cm³/mol. The second-order valence-electron chi connectivity index (χ2n) is 6.49. The van der Waals surface area contributed by atoms with E-state index in [4.69, 9.17) is 13.9 Å². The lowest BCUT2D eigenvalue weighted by Gasteiger charge is -2.11. The fourth-order valence-electron chi connectivity index (χ4n) is 3.19. The van der Waals surface area contributed by atoms with Gasteiger partial charge in [0.15, 0.2) is 0 Å². The smallest absolute Gasteiger partial charge is 0.340 e. The first-order valence-corrected chi connectivity index (χ1v) is 8.16. The zero-order valence-electron chi connectivity index (χ0n) is 14.9. The Kier molecular flexibility index (Phi) is 4.31. The number of aryl methyl sites for hydroxylation is 3. The van der Waals surface area contributed by atoms with Gasteiger partial charge in [0, 0.05) is 5.39 Å². The van der Waals surface area contributed by atoms with Crippen LogP contribution in [0.1, 0.15) is 29.2 Å². The summed E-state index contributed by atoms with van der Waals surface area (Å²) in [6, 6.07) is 0.739. The maximum atomic E-state index is 12.4. The van der Waals surface area contributed by atoms with Crippen LogP contribution in [0.5, 0.6) is 0 Å². The van der Waals surface area contributed by atoms with E-state index in [1.165, 1.54) is 6.92 Å². The molecule has 0 saturated carbocycles. The zero-order chi connectivity index (χ0) is 19.2. The molecule has 0 fully saturated rings. The molecule has 2 heterocycles. The topological polar surface area (TPSA) is 110 Å². The average Bonchev–Trinajstić information content (AvgIpc) is 2.93. The van der Waals surface area contributed by atoms with Gasteiger partial charge in [-0.05, 0) is 50.5 Å². The number of carbonyl (C=O) groups is 2. The molecule has 0 spiro atoms. The first kappa shape index (κ1) is 17.7. The number of fused-ring (bicyclic) bond motifs is 3. The van der Waals surface area contributed by atoms with Crippen LogP contribution in [0, 0.1) is 20.8 Å². The van der Waals surface area contributed by atoms with Gasteiger partial charge in [-0.2, -0.15) is 0 Å². The molecule has 3 aromatic rings. The van der Waals surface area contributed by atoms with Crippen molar-refractivity contribution >= 4 is 33.8 Å². The molecule has 0 saturated heterocycles. The lowest BCUT2D eigenvalue weighted by molar-refractivity contribution is -0.141. The summed E-state index contributed by atoms with van der Waals surface area (Å²) in [6.45, 7) is 6.93. The number of rotatable bonds is 4. The van der Waals surface area contributed by atoms with Crippen LogP contribution in [0.15, 0.2) is 26.0 Å². The molecule has 1 atom stereocenters. The van der Waals surface area contributed by atoms with Crippen molar-refractivity contribution in [2.75, 3.05) is 0 Å². The summed E-state index contributed by atoms with van der Waals surface area (Å²) in [5.74, 6) is -1.71. The Morgan fingerprint density at radius 2 is 1.88 bits per heavy atom.